The molecule has 0 aliphatic rings. The van der Waals surface area contributed by atoms with Crippen molar-refractivity contribution in [1.29, 1.82) is 0 Å². The Hall–Kier alpha value is -2.82. The summed E-state index contributed by atoms with van der Waals surface area (Å²) < 4.78 is 5.80. The van der Waals surface area contributed by atoms with Gasteiger partial charge in [-0.2, -0.15) is 0 Å². The zero-order valence-corrected chi connectivity index (χ0v) is 15.7. The third-order valence-electron chi connectivity index (χ3n) is 4.03. The highest BCUT2D eigenvalue weighted by Gasteiger charge is 2.17. The molecule has 0 bridgehead atoms. The summed E-state index contributed by atoms with van der Waals surface area (Å²) in [6.45, 7) is 7.72. The number of nitrogens with one attached hydrogen (secondary N) is 2. The van der Waals surface area contributed by atoms with Gasteiger partial charge in [-0.25, -0.2) is 0 Å². The van der Waals surface area contributed by atoms with E-state index in [0.717, 1.165) is 11.1 Å². The average Bonchev–Trinajstić information content (AvgIpc) is 2.62. The van der Waals surface area contributed by atoms with Gasteiger partial charge in [-0.3, -0.25) is 9.59 Å². The van der Waals surface area contributed by atoms with E-state index in [1.54, 1.807) is 19.1 Å². The zero-order chi connectivity index (χ0) is 19.1. The van der Waals surface area contributed by atoms with E-state index in [1.165, 1.54) is 0 Å². The van der Waals surface area contributed by atoms with Gasteiger partial charge in [0.05, 0.1) is 6.54 Å². The molecule has 0 spiro atoms. The van der Waals surface area contributed by atoms with E-state index in [4.69, 9.17) is 4.74 Å². The second-order valence-electron chi connectivity index (χ2n) is 6.57. The van der Waals surface area contributed by atoms with Crippen molar-refractivity contribution in [3.8, 4) is 5.75 Å². The number of ether oxygens (including phenoxy) is 1. The number of anilines is 1. The first-order valence-corrected chi connectivity index (χ1v) is 8.76. The minimum atomic E-state index is -0.694. The summed E-state index contributed by atoms with van der Waals surface area (Å²) in [6.07, 6.45) is -0.694. The molecule has 1 atom stereocenters. The molecule has 1 unspecified atom stereocenters. The molecule has 0 saturated heterocycles. The molecule has 5 nitrogen and oxygen atoms in total. The van der Waals surface area contributed by atoms with Gasteiger partial charge in [-0.15, -0.1) is 0 Å². The summed E-state index contributed by atoms with van der Waals surface area (Å²) in [4.78, 5) is 24.1. The average molecular weight is 354 g/mol. The maximum Gasteiger partial charge on any atom is 0.261 e. The van der Waals surface area contributed by atoms with Crippen LogP contribution < -0.4 is 15.4 Å². The number of para-hydroxylation sites is 1. The van der Waals surface area contributed by atoms with Crippen LogP contribution in [-0.2, 0) is 9.59 Å². The summed E-state index contributed by atoms with van der Waals surface area (Å²) in [6, 6.07) is 15.1. The second kappa shape index (κ2) is 9.04. The van der Waals surface area contributed by atoms with Crippen LogP contribution in [0.15, 0.2) is 48.5 Å². The van der Waals surface area contributed by atoms with Crippen molar-refractivity contribution < 1.29 is 14.3 Å². The number of aryl methyl sites for hydroxylation is 1. The maximum atomic E-state index is 12.2. The topological polar surface area (TPSA) is 67.4 Å². The summed E-state index contributed by atoms with van der Waals surface area (Å²) in [5.41, 5.74) is 2.81. The smallest absolute Gasteiger partial charge is 0.261 e. The SMILES string of the molecule is Cc1ccc(C(C)C)cc1OC(C)C(=O)NCC(=O)Nc1ccccc1. The predicted octanol–water partition coefficient (Wildman–Crippen LogP) is 3.64. The Labute approximate surface area is 154 Å². The molecule has 0 fully saturated rings. The molecule has 138 valence electrons. The predicted molar refractivity (Wildman–Crippen MR) is 103 cm³/mol. The largest absolute Gasteiger partial charge is 0.481 e. The number of hydrogen-bond acceptors (Lipinski definition) is 3. The van der Waals surface area contributed by atoms with E-state index in [9.17, 15) is 9.59 Å². The first kappa shape index (κ1) is 19.5. The molecule has 2 amide bonds. The fraction of sp³-hybridized carbons (Fsp3) is 0.333. The van der Waals surface area contributed by atoms with Crippen LogP contribution in [0, 0.1) is 6.92 Å². The molecule has 2 N–H and O–H groups in total. The molecule has 0 aliphatic heterocycles. The molecule has 2 aromatic carbocycles. The van der Waals surface area contributed by atoms with Gasteiger partial charge in [0.25, 0.3) is 5.91 Å². The minimum absolute atomic E-state index is 0.105. The lowest BCUT2D eigenvalue weighted by Gasteiger charge is -2.18. The van der Waals surface area contributed by atoms with Gasteiger partial charge < -0.3 is 15.4 Å². The highest BCUT2D eigenvalue weighted by atomic mass is 16.5. The van der Waals surface area contributed by atoms with Crippen LogP contribution >= 0.6 is 0 Å². The molecule has 26 heavy (non-hydrogen) atoms. The lowest BCUT2D eigenvalue weighted by atomic mass is 10.0. The summed E-state index contributed by atoms with van der Waals surface area (Å²) >= 11 is 0. The van der Waals surface area contributed by atoms with Gasteiger partial charge in [-0.1, -0.05) is 44.2 Å². The van der Waals surface area contributed by atoms with E-state index in [2.05, 4.69) is 30.5 Å². The van der Waals surface area contributed by atoms with Crippen LogP contribution in [0.1, 0.15) is 37.8 Å². The molecule has 0 saturated carbocycles. The van der Waals surface area contributed by atoms with Gasteiger partial charge in [0.1, 0.15) is 5.75 Å². The Morgan fingerprint density at radius 1 is 1.04 bits per heavy atom. The molecular weight excluding hydrogens is 328 g/mol. The van der Waals surface area contributed by atoms with Crippen molar-refractivity contribution in [2.24, 2.45) is 0 Å². The number of rotatable bonds is 7. The van der Waals surface area contributed by atoms with Gasteiger partial charge in [0.15, 0.2) is 6.10 Å². The molecule has 2 aromatic rings. The summed E-state index contributed by atoms with van der Waals surface area (Å²) in [5, 5.41) is 5.32. The van der Waals surface area contributed by atoms with Crippen LogP contribution in [0.2, 0.25) is 0 Å². The van der Waals surface area contributed by atoms with Crippen molar-refractivity contribution in [2.45, 2.75) is 39.7 Å². The van der Waals surface area contributed by atoms with E-state index in [-0.39, 0.29) is 18.4 Å². The maximum absolute atomic E-state index is 12.2. The van der Waals surface area contributed by atoms with Gasteiger partial charge in [0, 0.05) is 5.69 Å². The van der Waals surface area contributed by atoms with E-state index in [1.807, 2.05) is 37.3 Å². The number of carbonyl (C=O) groups excluding carboxylic acids is 2. The van der Waals surface area contributed by atoms with Crippen LogP contribution in [0.5, 0.6) is 5.75 Å². The van der Waals surface area contributed by atoms with Crippen LogP contribution in [0.4, 0.5) is 5.69 Å². The van der Waals surface area contributed by atoms with Crippen molar-refractivity contribution in [1.82, 2.24) is 5.32 Å². The monoisotopic (exact) mass is 354 g/mol. The zero-order valence-electron chi connectivity index (χ0n) is 15.7. The van der Waals surface area contributed by atoms with E-state index in [0.29, 0.717) is 17.4 Å². The van der Waals surface area contributed by atoms with Gasteiger partial charge in [0.2, 0.25) is 5.91 Å². The van der Waals surface area contributed by atoms with Crippen molar-refractivity contribution in [3.63, 3.8) is 0 Å². The fourth-order valence-electron chi connectivity index (χ4n) is 2.38. The lowest BCUT2D eigenvalue weighted by Crippen LogP contribution is -2.40. The molecule has 0 heterocycles. The molecule has 0 aliphatic carbocycles. The molecule has 0 aromatic heterocycles. The summed E-state index contributed by atoms with van der Waals surface area (Å²) in [7, 11) is 0. The van der Waals surface area contributed by atoms with E-state index >= 15 is 0 Å². The first-order chi connectivity index (χ1) is 12.4. The van der Waals surface area contributed by atoms with Crippen molar-refractivity contribution in [3.05, 3.63) is 59.7 Å². The Balaban J connectivity index is 1.87. The molecular formula is C21H26N2O3. The highest BCUT2D eigenvalue weighted by Crippen LogP contribution is 2.25. The quantitative estimate of drug-likeness (QED) is 0.798. The number of amides is 2. The fourth-order valence-corrected chi connectivity index (χ4v) is 2.38. The lowest BCUT2D eigenvalue weighted by molar-refractivity contribution is -0.129. The molecule has 5 heteroatoms. The standard InChI is InChI=1S/C21H26N2O3/c1-14(2)17-11-10-15(3)19(12-17)26-16(4)21(25)22-13-20(24)23-18-8-6-5-7-9-18/h5-12,14,16H,13H2,1-4H3,(H,22,25)(H,23,24). The Morgan fingerprint density at radius 2 is 1.73 bits per heavy atom. The normalized spacial score (nSPS) is 11.7. The number of hydrogen-bond donors (Lipinski definition) is 2. The van der Waals surface area contributed by atoms with Crippen LogP contribution in [-0.4, -0.2) is 24.5 Å². The molecule has 0 radical (unpaired) electrons. The number of carbonyl (C=O) groups is 2. The van der Waals surface area contributed by atoms with Crippen LogP contribution in [0.3, 0.4) is 0 Å². The van der Waals surface area contributed by atoms with Gasteiger partial charge >= 0.3 is 0 Å². The minimum Gasteiger partial charge on any atom is -0.481 e. The first-order valence-electron chi connectivity index (χ1n) is 8.76. The Morgan fingerprint density at radius 3 is 2.38 bits per heavy atom. The Kier molecular flexibility index (Phi) is 6.78. The summed E-state index contributed by atoms with van der Waals surface area (Å²) in [5.74, 6) is 0.452. The third kappa shape index (κ3) is 5.62. The van der Waals surface area contributed by atoms with E-state index < -0.39 is 6.10 Å². The molecule has 2 rings (SSSR count). The van der Waals surface area contributed by atoms with Gasteiger partial charge in [-0.05, 0) is 49.1 Å². The Bertz CT molecular complexity index is 757. The van der Waals surface area contributed by atoms with Crippen LogP contribution in [0.25, 0.3) is 0 Å². The number of benzene rings is 2. The second-order valence-corrected chi connectivity index (χ2v) is 6.57. The third-order valence-corrected chi connectivity index (χ3v) is 4.03. The van der Waals surface area contributed by atoms with Crippen molar-refractivity contribution in [2.75, 3.05) is 11.9 Å². The highest BCUT2D eigenvalue weighted by molar-refractivity contribution is 5.95. The van der Waals surface area contributed by atoms with Crippen molar-refractivity contribution >= 4 is 17.5 Å².